The van der Waals surface area contributed by atoms with Gasteiger partial charge in [0, 0.05) is 43.0 Å². The van der Waals surface area contributed by atoms with Crippen LogP contribution in [0.2, 0.25) is 5.02 Å². The summed E-state index contributed by atoms with van der Waals surface area (Å²) in [5, 5.41) is 3.52. The summed E-state index contributed by atoms with van der Waals surface area (Å²) in [5.41, 5.74) is 1.12. The molecule has 3 atom stereocenters. The fraction of sp³-hybridized carbons (Fsp3) is 0.417. The smallest absolute Gasteiger partial charge is 0.275 e. The molecule has 1 saturated heterocycles. The highest BCUT2D eigenvalue weighted by Gasteiger charge is 2.34. The Morgan fingerprint density at radius 2 is 2.09 bits per heavy atom. The molecule has 3 aromatic rings. The zero-order valence-electron chi connectivity index (χ0n) is 18.6. The lowest BCUT2D eigenvalue weighted by atomic mass is 10.1. The van der Waals surface area contributed by atoms with Gasteiger partial charge < -0.3 is 19.4 Å². The zero-order chi connectivity index (χ0) is 23.8. The van der Waals surface area contributed by atoms with Crippen molar-refractivity contribution in [2.45, 2.75) is 50.3 Å². The van der Waals surface area contributed by atoms with E-state index in [-0.39, 0.29) is 35.7 Å². The Morgan fingerprint density at radius 1 is 1.24 bits per heavy atom. The average molecular weight is 487 g/mol. The Balaban J connectivity index is 1.25. The van der Waals surface area contributed by atoms with Crippen LogP contribution in [0.25, 0.3) is 22.6 Å². The minimum atomic E-state index is -0.754. The first-order chi connectivity index (χ1) is 16.4. The first-order valence-electron chi connectivity index (χ1n) is 11.3. The summed E-state index contributed by atoms with van der Waals surface area (Å²) in [5.74, 6) is -1.17. The third kappa shape index (κ3) is 4.50. The highest BCUT2D eigenvalue weighted by Crippen LogP contribution is 2.28. The van der Waals surface area contributed by atoms with E-state index in [1.165, 1.54) is 17.2 Å². The lowest BCUT2D eigenvalue weighted by Gasteiger charge is -2.25. The lowest BCUT2D eigenvalue weighted by molar-refractivity contribution is -0.130. The number of carbonyl (C=O) groups excluding carboxylic acids is 2. The van der Waals surface area contributed by atoms with Crippen molar-refractivity contribution in [2.75, 3.05) is 13.7 Å². The quantitative estimate of drug-likeness (QED) is 0.586. The van der Waals surface area contributed by atoms with E-state index in [0.29, 0.717) is 41.1 Å². The van der Waals surface area contributed by atoms with Gasteiger partial charge in [-0.05, 0) is 50.3 Å². The highest BCUT2D eigenvalue weighted by atomic mass is 35.5. The second-order valence-electron chi connectivity index (χ2n) is 8.78. The molecule has 1 saturated carbocycles. The molecule has 34 heavy (non-hydrogen) atoms. The van der Waals surface area contributed by atoms with Crippen LogP contribution in [0.3, 0.4) is 0 Å². The van der Waals surface area contributed by atoms with Crippen molar-refractivity contribution >= 4 is 34.5 Å². The number of hydrogen-bond acceptors (Lipinski definition) is 6. The van der Waals surface area contributed by atoms with Gasteiger partial charge >= 0.3 is 0 Å². The van der Waals surface area contributed by atoms with Crippen molar-refractivity contribution in [1.29, 1.82) is 0 Å². The molecular weight excluding hydrogens is 463 g/mol. The first-order valence-corrected chi connectivity index (χ1v) is 11.7. The summed E-state index contributed by atoms with van der Waals surface area (Å²) >= 11 is 5.97. The minimum absolute atomic E-state index is 0.0372. The minimum Gasteiger partial charge on any atom is -0.436 e. The maximum absolute atomic E-state index is 14.9. The van der Waals surface area contributed by atoms with Crippen molar-refractivity contribution in [3.63, 3.8) is 0 Å². The topological polar surface area (TPSA) is 97.6 Å². The molecule has 10 heteroatoms. The van der Waals surface area contributed by atoms with Crippen molar-refractivity contribution in [3.05, 3.63) is 47.0 Å². The van der Waals surface area contributed by atoms with Gasteiger partial charge in [0.2, 0.25) is 11.8 Å². The normalized spacial score (nSPS) is 22.3. The van der Waals surface area contributed by atoms with Crippen LogP contribution in [0, 0.1) is 5.82 Å². The van der Waals surface area contributed by atoms with Crippen LogP contribution in [-0.2, 0) is 9.53 Å². The molecule has 1 aromatic carbocycles. The van der Waals surface area contributed by atoms with E-state index >= 15 is 0 Å². The third-order valence-electron chi connectivity index (χ3n) is 6.48. The molecule has 1 aliphatic carbocycles. The number of halogens is 2. The summed E-state index contributed by atoms with van der Waals surface area (Å²) in [6, 6.07) is 6.06. The Hall–Kier alpha value is -3.04. The molecule has 2 fully saturated rings. The molecule has 2 aromatic heterocycles. The van der Waals surface area contributed by atoms with Crippen LogP contribution in [0.1, 0.15) is 42.6 Å². The number of rotatable bonds is 5. The first kappa shape index (κ1) is 22.7. The fourth-order valence-corrected chi connectivity index (χ4v) is 4.75. The van der Waals surface area contributed by atoms with E-state index < -0.39 is 11.7 Å². The molecule has 0 radical (unpaired) electrons. The summed E-state index contributed by atoms with van der Waals surface area (Å²) in [4.78, 5) is 35.2. The second-order valence-corrected chi connectivity index (χ2v) is 9.21. The number of fused-ring (bicyclic) bond motifs is 1. The average Bonchev–Trinajstić information content (AvgIpc) is 3.58. The van der Waals surface area contributed by atoms with Gasteiger partial charge in [-0.25, -0.2) is 14.4 Å². The molecule has 3 heterocycles. The number of pyridine rings is 1. The number of nitrogens with one attached hydrogen (secondary N) is 1. The van der Waals surface area contributed by atoms with E-state index in [0.717, 1.165) is 19.3 Å². The highest BCUT2D eigenvalue weighted by molar-refractivity contribution is 6.31. The van der Waals surface area contributed by atoms with E-state index in [1.807, 2.05) is 0 Å². The van der Waals surface area contributed by atoms with Gasteiger partial charge in [-0.15, -0.1) is 0 Å². The standard InChI is InChI=1S/C24H24ClFN4O4/c1-30(16-6-5-15(11-16)28-22(31)19-3-2-8-33-19)24(32)21-17(26)9-13(12-27-21)23-29-18-7-4-14(25)10-20(18)34-23/h4,7,9-10,12,15-16,19H,2-3,5-6,8,11H2,1H3,(H,28,31). The van der Waals surface area contributed by atoms with Gasteiger partial charge in [-0.2, -0.15) is 0 Å². The number of oxazole rings is 1. The summed E-state index contributed by atoms with van der Waals surface area (Å²) in [6.07, 6.45) is 4.68. The molecule has 2 aliphatic rings. The van der Waals surface area contributed by atoms with Gasteiger partial charge in [-0.3, -0.25) is 9.59 Å². The van der Waals surface area contributed by atoms with E-state index in [2.05, 4.69) is 15.3 Å². The maximum Gasteiger partial charge on any atom is 0.275 e. The third-order valence-corrected chi connectivity index (χ3v) is 6.72. The van der Waals surface area contributed by atoms with Gasteiger partial charge in [-0.1, -0.05) is 11.6 Å². The van der Waals surface area contributed by atoms with Crippen molar-refractivity contribution in [3.8, 4) is 11.5 Å². The van der Waals surface area contributed by atoms with E-state index in [9.17, 15) is 14.0 Å². The summed E-state index contributed by atoms with van der Waals surface area (Å²) in [6.45, 7) is 0.612. The fourth-order valence-electron chi connectivity index (χ4n) is 4.59. The Labute approximate surface area is 200 Å². The van der Waals surface area contributed by atoms with Gasteiger partial charge in [0.1, 0.15) is 11.6 Å². The maximum atomic E-state index is 14.9. The number of ether oxygens (including phenoxy) is 1. The Morgan fingerprint density at radius 3 is 2.85 bits per heavy atom. The van der Waals surface area contributed by atoms with Crippen LogP contribution in [0.5, 0.6) is 0 Å². The van der Waals surface area contributed by atoms with Crippen LogP contribution >= 0.6 is 11.6 Å². The van der Waals surface area contributed by atoms with Crippen molar-refractivity contribution < 1.29 is 23.1 Å². The second kappa shape index (κ2) is 9.31. The largest absolute Gasteiger partial charge is 0.436 e. The molecule has 3 unspecified atom stereocenters. The number of nitrogens with zero attached hydrogens (tertiary/aromatic N) is 3. The molecule has 0 spiro atoms. The number of amides is 2. The summed E-state index contributed by atoms with van der Waals surface area (Å²) < 4.78 is 26.0. The van der Waals surface area contributed by atoms with Crippen molar-refractivity contribution in [1.82, 2.24) is 20.2 Å². The predicted octanol–water partition coefficient (Wildman–Crippen LogP) is 3.97. The monoisotopic (exact) mass is 486 g/mol. The molecular formula is C24H24ClFN4O4. The molecule has 8 nitrogen and oxygen atoms in total. The Bertz CT molecular complexity index is 1240. The predicted molar refractivity (Wildman–Crippen MR) is 123 cm³/mol. The number of carbonyl (C=O) groups is 2. The SMILES string of the molecule is CN(C(=O)c1ncc(-c2nc3ccc(Cl)cc3o2)cc1F)C1CCC(NC(=O)C2CCCO2)C1. The van der Waals surface area contributed by atoms with Gasteiger partial charge in [0.05, 0.1) is 5.56 Å². The van der Waals surface area contributed by atoms with E-state index in [1.54, 1.807) is 25.2 Å². The number of benzene rings is 1. The van der Waals surface area contributed by atoms with E-state index in [4.69, 9.17) is 20.8 Å². The number of hydrogen-bond donors (Lipinski definition) is 1. The zero-order valence-corrected chi connectivity index (χ0v) is 19.3. The summed E-state index contributed by atoms with van der Waals surface area (Å²) in [7, 11) is 1.64. The lowest BCUT2D eigenvalue weighted by Crippen LogP contribution is -2.42. The van der Waals surface area contributed by atoms with Crippen LogP contribution in [0.15, 0.2) is 34.9 Å². The van der Waals surface area contributed by atoms with Gasteiger partial charge in [0.15, 0.2) is 17.1 Å². The number of aromatic nitrogens is 2. The van der Waals surface area contributed by atoms with Crippen molar-refractivity contribution in [2.24, 2.45) is 0 Å². The molecule has 5 rings (SSSR count). The Kier molecular flexibility index (Phi) is 6.22. The van der Waals surface area contributed by atoms with Crippen LogP contribution < -0.4 is 5.32 Å². The molecule has 1 aliphatic heterocycles. The molecule has 178 valence electrons. The van der Waals surface area contributed by atoms with Gasteiger partial charge in [0.25, 0.3) is 5.91 Å². The molecule has 1 N–H and O–H groups in total. The molecule has 0 bridgehead atoms. The van der Waals surface area contributed by atoms with Crippen LogP contribution in [0.4, 0.5) is 4.39 Å². The molecule has 2 amide bonds. The van der Waals surface area contributed by atoms with Crippen LogP contribution in [-0.4, -0.2) is 58.5 Å².